The highest BCUT2D eigenvalue weighted by Crippen LogP contribution is 2.58. The fraction of sp³-hybridized carbons (Fsp3) is 0.371. The Hall–Kier alpha value is -6.52. The van der Waals surface area contributed by atoms with Crippen LogP contribution in [0.3, 0.4) is 0 Å². The summed E-state index contributed by atoms with van der Waals surface area (Å²) in [6.07, 6.45) is 29.4. The van der Waals surface area contributed by atoms with Gasteiger partial charge in [0, 0.05) is 66.1 Å². The van der Waals surface area contributed by atoms with E-state index in [9.17, 15) is 0 Å². The van der Waals surface area contributed by atoms with Crippen molar-refractivity contribution in [1.82, 2.24) is 19.9 Å². The lowest BCUT2D eigenvalue weighted by molar-refractivity contribution is 0.400. The minimum atomic E-state index is -0.0592. The Morgan fingerprint density at radius 3 is 1.07 bits per heavy atom. The first-order valence-electron chi connectivity index (χ1n) is 29.2. The average molecular weight is 977 g/mol. The van der Waals surface area contributed by atoms with Crippen molar-refractivity contribution in [3.8, 4) is 22.3 Å². The number of benzene rings is 4. The van der Waals surface area contributed by atoms with Gasteiger partial charge in [0.2, 0.25) is 0 Å². The van der Waals surface area contributed by atoms with E-state index in [0.29, 0.717) is 0 Å². The molecule has 0 saturated heterocycles. The highest BCUT2D eigenvalue weighted by atomic mass is 14.8. The third kappa shape index (κ3) is 9.26. The highest BCUT2D eigenvalue weighted by Gasteiger charge is 2.46. The van der Waals surface area contributed by atoms with Gasteiger partial charge in [-0.15, -0.1) is 0 Å². The molecule has 4 aromatic carbocycles. The van der Waals surface area contributed by atoms with E-state index >= 15 is 0 Å². The maximum absolute atomic E-state index is 4.00. The summed E-state index contributed by atoms with van der Waals surface area (Å²) in [4.78, 5) is 16.0. The first-order chi connectivity index (χ1) is 36.5. The van der Waals surface area contributed by atoms with Crippen molar-refractivity contribution < 1.29 is 0 Å². The standard InChI is InChI=1S/C70H80N4/c1-5-9-13-21-43-69(44-22-14-10-6-2)59-33-19-17-27-53(59)55-29-25-31-57(67(55)69)65-61-39-35-49(71-61)47-51-37-41-63(73-51)66(64-42-38-52(74-64)48-50-36-40-62(65)72-50)58-32-26-30-56-54-28-18-20-34-60(54)70(68(56)58,45-23-15-11-7-3)46-24-16-12-8-4/h17-20,25-42,47-48,71-74H,5-16,21-24,43-46H2,1-4H3. The molecule has 4 heteroatoms. The molecule has 4 aromatic heterocycles. The van der Waals surface area contributed by atoms with Crippen LogP contribution in [-0.4, -0.2) is 19.9 Å². The van der Waals surface area contributed by atoms with Crippen molar-refractivity contribution in [1.29, 1.82) is 0 Å². The highest BCUT2D eigenvalue weighted by molar-refractivity contribution is 5.92. The fourth-order valence-corrected chi connectivity index (χ4v) is 14.0. The van der Waals surface area contributed by atoms with Crippen LogP contribution in [-0.2, 0) is 10.8 Å². The molecule has 8 aromatic rings. The lowest BCUT2D eigenvalue weighted by Crippen LogP contribution is -2.28. The van der Waals surface area contributed by atoms with E-state index in [1.165, 1.54) is 195 Å². The molecule has 3 aliphatic rings. The molecule has 0 fully saturated rings. The van der Waals surface area contributed by atoms with E-state index in [4.69, 9.17) is 0 Å². The minimum Gasteiger partial charge on any atom is -0.355 e. The molecule has 0 radical (unpaired) electrons. The monoisotopic (exact) mass is 977 g/mol. The van der Waals surface area contributed by atoms with Crippen LogP contribution in [0.15, 0.2) is 133 Å². The molecule has 2 aliphatic carbocycles. The van der Waals surface area contributed by atoms with E-state index in [0.717, 1.165) is 44.2 Å². The topological polar surface area (TPSA) is 63.2 Å². The molecule has 0 atom stereocenters. The molecular formula is C70H80N4. The van der Waals surface area contributed by atoms with Crippen LogP contribution in [0.5, 0.6) is 0 Å². The number of rotatable bonds is 22. The van der Waals surface area contributed by atoms with Gasteiger partial charge in [0.05, 0.1) is 0 Å². The van der Waals surface area contributed by atoms with Crippen molar-refractivity contribution in [3.63, 3.8) is 0 Å². The third-order valence-corrected chi connectivity index (χ3v) is 17.5. The Morgan fingerprint density at radius 1 is 0.311 bits per heavy atom. The summed E-state index contributed by atoms with van der Waals surface area (Å²) in [5, 5.41) is 4.41. The fourth-order valence-electron chi connectivity index (χ4n) is 14.0. The predicted molar refractivity (Wildman–Crippen MR) is 312 cm³/mol. The maximum Gasteiger partial charge on any atom is 0.0485 e. The van der Waals surface area contributed by atoms with Crippen molar-refractivity contribution in [2.24, 2.45) is 0 Å². The normalized spacial score (nSPS) is 14.6. The van der Waals surface area contributed by atoms with Crippen LogP contribution in [0.2, 0.25) is 0 Å². The molecule has 4 nitrogen and oxygen atoms in total. The Labute approximate surface area is 441 Å². The van der Waals surface area contributed by atoms with Crippen LogP contribution < -0.4 is 21.4 Å². The molecule has 8 bridgehead atoms. The molecule has 1 aliphatic heterocycles. The molecule has 0 spiro atoms. The van der Waals surface area contributed by atoms with E-state index in [1.807, 2.05) is 0 Å². The number of aromatic nitrogens is 4. The molecule has 74 heavy (non-hydrogen) atoms. The largest absolute Gasteiger partial charge is 0.355 e. The number of H-pyrrole nitrogens is 4. The van der Waals surface area contributed by atoms with Gasteiger partial charge in [-0.05, 0) is 142 Å². The lowest BCUT2D eigenvalue weighted by atomic mass is 9.68. The van der Waals surface area contributed by atoms with Crippen molar-refractivity contribution in [3.05, 3.63) is 211 Å². The number of hydrogen-bond donors (Lipinski definition) is 4. The summed E-state index contributed by atoms with van der Waals surface area (Å²) < 4.78 is 0. The Balaban J connectivity index is 1.09. The summed E-state index contributed by atoms with van der Waals surface area (Å²) in [6.45, 7) is 9.33. The molecule has 380 valence electrons. The van der Waals surface area contributed by atoms with Gasteiger partial charge in [0.15, 0.2) is 0 Å². The predicted octanol–water partition coefficient (Wildman–Crippen LogP) is 15.9. The third-order valence-electron chi connectivity index (χ3n) is 17.5. The van der Waals surface area contributed by atoms with Crippen molar-refractivity contribution in [2.75, 3.05) is 0 Å². The van der Waals surface area contributed by atoms with Crippen LogP contribution in [0.1, 0.15) is 212 Å². The zero-order chi connectivity index (χ0) is 50.5. The SMILES string of the molecule is CCCCCCC1(CCCCCC)c2ccccc2-c2cccc(C3=c4ccc([nH]4)=Cc4ccc([nH]4)C(c4cccc5c4C(CCCCCC)(CCCCCC)c4ccccc4-5)=c4ccc([nH]4)=Cc4ccc3[nH]4)c21. The zero-order valence-corrected chi connectivity index (χ0v) is 45.0. The van der Waals surface area contributed by atoms with Gasteiger partial charge in [0.1, 0.15) is 0 Å². The molecule has 5 heterocycles. The number of fused-ring (bicyclic) bond motifs is 14. The second-order valence-electron chi connectivity index (χ2n) is 22.3. The second-order valence-corrected chi connectivity index (χ2v) is 22.3. The number of unbranched alkanes of at least 4 members (excludes halogenated alkanes) is 12. The quantitative estimate of drug-likeness (QED) is 0.0489. The zero-order valence-electron chi connectivity index (χ0n) is 45.0. The summed E-state index contributed by atoms with van der Waals surface area (Å²) in [5.41, 5.74) is 21.2. The summed E-state index contributed by atoms with van der Waals surface area (Å²) in [7, 11) is 0. The Morgan fingerprint density at radius 2 is 0.676 bits per heavy atom. The first-order valence-corrected chi connectivity index (χ1v) is 29.2. The van der Waals surface area contributed by atoms with Crippen LogP contribution in [0, 0.1) is 0 Å². The van der Waals surface area contributed by atoms with Crippen molar-refractivity contribution >= 4 is 23.3 Å². The molecule has 0 unspecified atom stereocenters. The van der Waals surface area contributed by atoms with Gasteiger partial charge in [-0.2, -0.15) is 0 Å². The van der Waals surface area contributed by atoms with Gasteiger partial charge >= 0.3 is 0 Å². The number of hydrogen-bond acceptors (Lipinski definition) is 0. The molecule has 11 rings (SSSR count). The van der Waals surface area contributed by atoms with Gasteiger partial charge in [0.25, 0.3) is 0 Å². The van der Waals surface area contributed by atoms with Crippen molar-refractivity contribution in [2.45, 2.75) is 167 Å². The lowest BCUT2D eigenvalue weighted by Gasteiger charge is -2.34. The van der Waals surface area contributed by atoms with Crippen LogP contribution in [0.25, 0.3) is 45.6 Å². The summed E-state index contributed by atoms with van der Waals surface area (Å²) in [6, 6.07) is 51.5. The molecule has 0 amide bonds. The smallest absolute Gasteiger partial charge is 0.0485 e. The van der Waals surface area contributed by atoms with E-state index in [-0.39, 0.29) is 10.8 Å². The number of nitrogens with one attached hydrogen (secondary N) is 4. The minimum absolute atomic E-state index is 0.0592. The van der Waals surface area contributed by atoms with Crippen LogP contribution >= 0.6 is 0 Å². The van der Waals surface area contributed by atoms with E-state index < -0.39 is 0 Å². The maximum atomic E-state index is 4.00. The van der Waals surface area contributed by atoms with Gasteiger partial charge in [-0.3, -0.25) is 0 Å². The van der Waals surface area contributed by atoms with E-state index in [2.05, 4.69) is 193 Å². The molecule has 4 N–H and O–H groups in total. The molecule has 0 saturated carbocycles. The van der Waals surface area contributed by atoms with Gasteiger partial charge < -0.3 is 19.9 Å². The van der Waals surface area contributed by atoms with Gasteiger partial charge in [-0.1, -0.05) is 215 Å². The van der Waals surface area contributed by atoms with E-state index in [1.54, 1.807) is 0 Å². The van der Waals surface area contributed by atoms with Gasteiger partial charge in [-0.25, -0.2) is 0 Å². The Kier molecular flexibility index (Phi) is 14.9. The number of aromatic amines is 4. The first kappa shape index (κ1) is 49.7. The summed E-state index contributed by atoms with van der Waals surface area (Å²) >= 11 is 0. The van der Waals surface area contributed by atoms with Crippen LogP contribution in [0.4, 0.5) is 0 Å². The summed E-state index contributed by atoms with van der Waals surface area (Å²) in [5.74, 6) is 0. The molecular weight excluding hydrogens is 897 g/mol. The Bertz CT molecular complexity index is 3230. The second kappa shape index (κ2) is 22.1. The average Bonchev–Trinajstić information content (AvgIpc) is 4.32.